The van der Waals surface area contributed by atoms with Crippen molar-refractivity contribution >= 4 is 11.9 Å². The van der Waals surface area contributed by atoms with E-state index in [1.807, 2.05) is 30.3 Å². The van der Waals surface area contributed by atoms with Gasteiger partial charge in [-0.1, -0.05) is 42.5 Å². The number of rotatable bonds is 6. The predicted molar refractivity (Wildman–Crippen MR) is 84.2 cm³/mol. The van der Waals surface area contributed by atoms with Gasteiger partial charge in [0.15, 0.2) is 5.92 Å². The van der Waals surface area contributed by atoms with Crippen molar-refractivity contribution in [1.29, 1.82) is 0 Å². The first-order chi connectivity index (χ1) is 10.2. The fourth-order valence-electron chi connectivity index (χ4n) is 1.84. The van der Waals surface area contributed by atoms with Gasteiger partial charge in [0.2, 0.25) is 0 Å². The van der Waals surface area contributed by atoms with Gasteiger partial charge in [-0.05, 0) is 32.8 Å². The van der Waals surface area contributed by atoms with Gasteiger partial charge in [-0.2, -0.15) is 0 Å². The van der Waals surface area contributed by atoms with Gasteiger partial charge in [0.05, 0.1) is 0 Å². The quantitative estimate of drug-likeness (QED) is 0.477. The molecule has 3 N–H and O–H groups in total. The summed E-state index contributed by atoms with van der Waals surface area (Å²) in [6.07, 6.45) is 3.40. The first-order valence-electron chi connectivity index (χ1n) is 7.12. The molecule has 0 fully saturated rings. The number of nitrogens with two attached hydrogens (primary N) is 1. The first kappa shape index (κ1) is 17.9. The van der Waals surface area contributed by atoms with Crippen LogP contribution >= 0.6 is 0 Å². The van der Waals surface area contributed by atoms with E-state index in [9.17, 15) is 9.59 Å². The second-order valence-electron chi connectivity index (χ2n) is 6.09. The van der Waals surface area contributed by atoms with Crippen LogP contribution in [0, 0.1) is 5.92 Å². The molecule has 5 nitrogen and oxygen atoms in total. The van der Waals surface area contributed by atoms with Crippen molar-refractivity contribution in [2.75, 3.05) is 0 Å². The molecule has 0 heterocycles. The molecule has 0 radical (unpaired) electrons. The van der Waals surface area contributed by atoms with Crippen LogP contribution in [0.4, 0.5) is 0 Å². The van der Waals surface area contributed by atoms with Crippen LogP contribution in [-0.4, -0.2) is 28.7 Å². The van der Waals surface area contributed by atoms with E-state index in [1.165, 1.54) is 12.2 Å². The molecule has 1 rings (SSSR count). The molecule has 5 heteroatoms. The second-order valence-corrected chi connectivity index (χ2v) is 6.09. The van der Waals surface area contributed by atoms with Crippen molar-refractivity contribution in [2.24, 2.45) is 11.7 Å². The van der Waals surface area contributed by atoms with Gasteiger partial charge in [-0.25, -0.2) is 0 Å². The number of carbonyl (C=O) groups excluding carboxylic acids is 1. The Hall–Kier alpha value is -2.14. The molecular formula is C17H23NO4. The van der Waals surface area contributed by atoms with Crippen molar-refractivity contribution < 1.29 is 19.4 Å². The minimum absolute atomic E-state index is 0.369. The third-order valence-electron chi connectivity index (χ3n) is 2.79. The summed E-state index contributed by atoms with van der Waals surface area (Å²) in [7, 11) is 0. The molecule has 0 amide bonds. The highest BCUT2D eigenvalue weighted by atomic mass is 16.6. The highest BCUT2D eigenvalue weighted by Gasteiger charge is 2.28. The number of hydrogen-bond acceptors (Lipinski definition) is 4. The summed E-state index contributed by atoms with van der Waals surface area (Å²) in [6, 6.07) is 9.24. The summed E-state index contributed by atoms with van der Waals surface area (Å²) in [5.41, 5.74) is 6.26. The van der Waals surface area contributed by atoms with Crippen molar-refractivity contribution in [3.63, 3.8) is 0 Å². The van der Waals surface area contributed by atoms with Crippen LogP contribution in [0.2, 0.25) is 0 Å². The smallest absolute Gasteiger partial charge is 0.324 e. The second kappa shape index (κ2) is 7.75. The molecule has 0 aliphatic rings. The Morgan fingerprint density at radius 1 is 1.23 bits per heavy atom. The summed E-state index contributed by atoms with van der Waals surface area (Å²) >= 11 is 0. The molecule has 0 aliphatic carbocycles. The lowest BCUT2D eigenvalue weighted by molar-refractivity contribution is -0.164. The van der Waals surface area contributed by atoms with E-state index in [4.69, 9.17) is 15.6 Å². The molecule has 22 heavy (non-hydrogen) atoms. The number of hydrogen-bond donors (Lipinski definition) is 2. The minimum Gasteiger partial charge on any atom is -0.480 e. The number of ether oxygens (including phenoxy) is 1. The van der Waals surface area contributed by atoms with Gasteiger partial charge in [0.25, 0.3) is 0 Å². The van der Waals surface area contributed by atoms with Gasteiger partial charge in [-0.3, -0.25) is 9.59 Å². The van der Waals surface area contributed by atoms with Crippen LogP contribution in [-0.2, 0) is 20.7 Å². The van der Waals surface area contributed by atoms with E-state index in [-0.39, 0.29) is 6.04 Å². The van der Waals surface area contributed by atoms with E-state index in [2.05, 4.69) is 0 Å². The average Bonchev–Trinajstić information content (AvgIpc) is 2.37. The molecule has 1 aromatic rings. The normalized spacial score (nSPS) is 14.5. The van der Waals surface area contributed by atoms with E-state index in [0.717, 1.165) is 5.56 Å². The van der Waals surface area contributed by atoms with Crippen LogP contribution in [0.3, 0.4) is 0 Å². The third kappa shape index (κ3) is 6.54. The summed E-state index contributed by atoms with van der Waals surface area (Å²) in [6.45, 7) is 5.07. The van der Waals surface area contributed by atoms with Crippen LogP contribution in [0.15, 0.2) is 42.5 Å². The van der Waals surface area contributed by atoms with Gasteiger partial charge in [0, 0.05) is 6.04 Å². The zero-order chi connectivity index (χ0) is 16.8. The average molecular weight is 305 g/mol. The van der Waals surface area contributed by atoms with Crippen molar-refractivity contribution in [1.82, 2.24) is 0 Å². The summed E-state index contributed by atoms with van der Waals surface area (Å²) < 4.78 is 5.10. The largest absolute Gasteiger partial charge is 0.480 e. The molecule has 0 aliphatic heterocycles. The number of carboxylic acids is 1. The highest BCUT2D eigenvalue weighted by molar-refractivity contribution is 5.96. The predicted octanol–water partition coefficient (Wildman–Crippen LogP) is 2.16. The molecule has 0 aromatic heterocycles. The number of carbonyl (C=O) groups is 2. The fraction of sp³-hybridized carbons (Fsp3) is 0.412. The monoisotopic (exact) mass is 305 g/mol. The van der Waals surface area contributed by atoms with E-state index < -0.39 is 23.5 Å². The standard InChI is InChI=1S/C17H23NO4/c1-17(2,3)22-16(21)14(15(19)20)10-9-13(18)11-12-7-5-4-6-8-12/h4-10,13-14H,11,18H2,1-3H3,(H,19,20). The Labute approximate surface area is 130 Å². The Bertz CT molecular complexity index is 531. The highest BCUT2D eigenvalue weighted by Crippen LogP contribution is 2.13. The third-order valence-corrected chi connectivity index (χ3v) is 2.79. The summed E-state index contributed by atoms with van der Waals surface area (Å²) in [5.74, 6) is -3.39. The zero-order valence-electron chi connectivity index (χ0n) is 13.2. The molecule has 2 atom stereocenters. The lowest BCUT2D eigenvalue weighted by atomic mass is 10.0. The maximum absolute atomic E-state index is 11.9. The van der Waals surface area contributed by atoms with Gasteiger partial charge in [-0.15, -0.1) is 0 Å². The molecule has 0 saturated heterocycles. The van der Waals surface area contributed by atoms with Gasteiger partial charge < -0.3 is 15.6 Å². The number of esters is 1. The van der Waals surface area contributed by atoms with Crippen LogP contribution < -0.4 is 5.73 Å². The topological polar surface area (TPSA) is 89.6 Å². The lowest BCUT2D eigenvalue weighted by Crippen LogP contribution is -2.32. The minimum atomic E-state index is -1.35. The molecule has 120 valence electrons. The maximum atomic E-state index is 11.9. The SMILES string of the molecule is CC(C)(C)OC(=O)C(C=CC(N)Cc1ccccc1)C(=O)O. The van der Waals surface area contributed by atoms with E-state index in [0.29, 0.717) is 6.42 Å². The molecule has 1 aromatic carbocycles. The number of benzene rings is 1. The zero-order valence-corrected chi connectivity index (χ0v) is 13.2. The number of carboxylic acid groups (broad SMARTS) is 1. The molecule has 0 bridgehead atoms. The van der Waals surface area contributed by atoms with Crippen LogP contribution in [0.5, 0.6) is 0 Å². The van der Waals surface area contributed by atoms with Crippen molar-refractivity contribution in [3.05, 3.63) is 48.0 Å². The Morgan fingerprint density at radius 3 is 2.32 bits per heavy atom. The van der Waals surface area contributed by atoms with E-state index >= 15 is 0 Å². The van der Waals surface area contributed by atoms with E-state index in [1.54, 1.807) is 20.8 Å². The maximum Gasteiger partial charge on any atom is 0.324 e. The molecule has 0 saturated carbocycles. The van der Waals surface area contributed by atoms with Crippen LogP contribution in [0.25, 0.3) is 0 Å². The molecule has 2 unspecified atom stereocenters. The Balaban J connectivity index is 2.69. The fourth-order valence-corrected chi connectivity index (χ4v) is 1.84. The molecule has 0 spiro atoms. The van der Waals surface area contributed by atoms with Crippen molar-refractivity contribution in [2.45, 2.75) is 38.8 Å². The van der Waals surface area contributed by atoms with Gasteiger partial charge >= 0.3 is 11.9 Å². The summed E-state index contributed by atoms with van der Waals surface area (Å²) in [4.78, 5) is 23.1. The summed E-state index contributed by atoms with van der Waals surface area (Å²) in [5, 5.41) is 9.15. The Morgan fingerprint density at radius 2 is 1.82 bits per heavy atom. The van der Waals surface area contributed by atoms with Crippen LogP contribution in [0.1, 0.15) is 26.3 Å². The number of aliphatic carboxylic acids is 1. The van der Waals surface area contributed by atoms with Gasteiger partial charge in [0.1, 0.15) is 5.60 Å². The first-order valence-corrected chi connectivity index (χ1v) is 7.12. The Kier molecular flexibility index (Phi) is 6.31. The lowest BCUT2D eigenvalue weighted by Gasteiger charge is -2.21. The van der Waals surface area contributed by atoms with Crippen molar-refractivity contribution in [3.8, 4) is 0 Å². The molecular weight excluding hydrogens is 282 g/mol.